The van der Waals surface area contributed by atoms with E-state index in [-0.39, 0.29) is 98.1 Å². The highest BCUT2D eigenvalue weighted by atomic mass is 16.6. The van der Waals surface area contributed by atoms with E-state index in [9.17, 15) is 47.9 Å². The van der Waals surface area contributed by atoms with Crippen LogP contribution in [0.3, 0.4) is 0 Å². The average molecular weight is 1970 g/mol. The van der Waals surface area contributed by atoms with Crippen LogP contribution in [0, 0.1) is 0 Å². The number of rotatable bonds is 107. The standard InChI is InChI=1S/C120H210O20/c1-7-13-19-61-81-105(135-115(127)95-75-57-45-33-27-39-51-69-89-107(83-63-21-15-9-3)137-117(129)97-77-59-47-35-29-41-53-71-91-109(85-65-23-17-11-5)139-119(131)101-99-111(121)122)87-67-49-37-25-31-43-55-73-93-113(125)133-103-79-80-104-134-114(126)94-74-56-44-32-26-38-50-68-88-106(82-62-20-14-8-2)136-116(128)96-76-58-46-34-28-40-52-70-90-108(84-64-22-16-10-4)138-118(130)98-78-60-48-36-30-42-54-72-92-110(86-66-24-18-12-6)140-120(132)102-100-112(123)124/h49-54,67-72,105-110H,7-48,55-66,73-104H2,1-6H3,(H,121,122)(H,123,124)/b67-49+,68-50+,69-51+,70-52+,71-53+,72-54+. The second-order valence-corrected chi connectivity index (χ2v) is 39.8. The van der Waals surface area contributed by atoms with Gasteiger partial charge in [-0.15, -0.1) is 0 Å². The van der Waals surface area contributed by atoms with E-state index in [1.807, 2.05) is 0 Å². The number of carbonyl (C=O) groups is 10. The number of aliphatic carboxylic acids is 2. The summed E-state index contributed by atoms with van der Waals surface area (Å²) in [6, 6.07) is 0. The second-order valence-electron chi connectivity index (χ2n) is 39.8. The number of carboxylic acid groups (broad SMARTS) is 2. The summed E-state index contributed by atoms with van der Waals surface area (Å²) < 4.78 is 46.4. The Labute approximate surface area is 854 Å². The number of unbranched alkanes of at least 4 members (excludes halogenated alkanes) is 49. The molecule has 810 valence electrons. The predicted octanol–water partition coefficient (Wildman–Crippen LogP) is 33.9. The van der Waals surface area contributed by atoms with Gasteiger partial charge in [0.1, 0.15) is 36.6 Å². The van der Waals surface area contributed by atoms with Crippen LogP contribution in [0.25, 0.3) is 0 Å². The molecule has 6 atom stereocenters. The molecule has 2 N–H and O–H groups in total. The molecule has 20 heteroatoms. The third kappa shape index (κ3) is 98.5. The number of esters is 8. The zero-order chi connectivity index (χ0) is 102. The van der Waals surface area contributed by atoms with Gasteiger partial charge in [-0.1, -0.05) is 346 Å². The Balaban J connectivity index is 4.36. The van der Waals surface area contributed by atoms with Crippen molar-refractivity contribution in [2.24, 2.45) is 0 Å². The van der Waals surface area contributed by atoms with Gasteiger partial charge in [0.05, 0.1) is 38.9 Å². The molecule has 0 radical (unpaired) electrons. The summed E-state index contributed by atoms with van der Waals surface area (Å²) in [7, 11) is 0. The summed E-state index contributed by atoms with van der Waals surface area (Å²) in [6.45, 7) is 13.9. The summed E-state index contributed by atoms with van der Waals surface area (Å²) in [5.41, 5.74) is 0. The number of ether oxygens (including phenoxy) is 8. The van der Waals surface area contributed by atoms with Gasteiger partial charge in [0, 0.05) is 77.0 Å². The Hall–Kier alpha value is -6.86. The van der Waals surface area contributed by atoms with Crippen LogP contribution in [0.5, 0.6) is 0 Å². The summed E-state index contributed by atoms with van der Waals surface area (Å²) in [6.07, 6.45) is 102. The summed E-state index contributed by atoms with van der Waals surface area (Å²) in [5.74, 6) is -3.53. The first-order valence-electron chi connectivity index (χ1n) is 58.2. The molecule has 0 aliphatic carbocycles. The molecule has 0 aromatic rings. The van der Waals surface area contributed by atoms with Crippen LogP contribution in [-0.2, 0) is 85.8 Å². The lowest BCUT2D eigenvalue weighted by Crippen LogP contribution is -2.18. The Kier molecular flexibility index (Phi) is 99.8. The van der Waals surface area contributed by atoms with Crippen molar-refractivity contribution in [1.82, 2.24) is 0 Å². The maximum absolute atomic E-state index is 13.0. The van der Waals surface area contributed by atoms with Gasteiger partial charge < -0.3 is 48.1 Å². The fourth-order valence-corrected chi connectivity index (χ4v) is 17.3. The first kappa shape index (κ1) is 133. The van der Waals surface area contributed by atoms with Gasteiger partial charge in [-0.3, -0.25) is 47.9 Å². The topological polar surface area (TPSA) is 285 Å². The van der Waals surface area contributed by atoms with Gasteiger partial charge in [-0.2, -0.15) is 0 Å². The summed E-state index contributed by atoms with van der Waals surface area (Å²) in [4.78, 5) is 123. The molecule has 20 nitrogen and oxygen atoms in total. The maximum Gasteiger partial charge on any atom is 0.306 e. The van der Waals surface area contributed by atoms with Crippen LogP contribution in [0.4, 0.5) is 0 Å². The van der Waals surface area contributed by atoms with Crippen molar-refractivity contribution in [2.45, 2.75) is 618 Å². The number of allylic oxidation sites excluding steroid dienone is 6. The molecule has 140 heavy (non-hydrogen) atoms. The molecular formula is C120H210O20. The number of carbonyl (C=O) groups excluding carboxylic acids is 8. The van der Waals surface area contributed by atoms with Gasteiger partial charge in [0.2, 0.25) is 0 Å². The zero-order valence-electron chi connectivity index (χ0n) is 90.4. The highest BCUT2D eigenvalue weighted by molar-refractivity contribution is 5.77. The Morgan fingerprint density at radius 1 is 0.171 bits per heavy atom. The van der Waals surface area contributed by atoms with Gasteiger partial charge in [0.15, 0.2) is 0 Å². The van der Waals surface area contributed by atoms with Crippen LogP contribution in [0.15, 0.2) is 72.9 Å². The Bertz CT molecular complexity index is 2910. The molecule has 0 spiro atoms. The molecular weight excluding hydrogens is 1760 g/mol. The summed E-state index contributed by atoms with van der Waals surface area (Å²) >= 11 is 0. The van der Waals surface area contributed by atoms with Crippen molar-refractivity contribution in [3.05, 3.63) is 72.9 Å². The second kappa shape index (κ2) is 105. The first-order chi connectivity index (χ1) is 68.4. The molecule has 0 aromatic carbocycles. The molecule has 0 amide bonds. The van der Waals surface area contributed by atoms with Gasteiger partial charge in [-0.05, 0) is 205 Å². The van der Waals surface area contributed by atoms with Crippen molar-refractivity contribution in [1.29, 1.82) is 0 Å². The zero-order valence-corrected chi connectivity index (χ0v) is 90.4. The number of hydrogen-bond acceptors (Lipinski definition) is 18. The molecule has 0 aliphatic heterocycles. The van der Waals surface area contributed by atoms with Crippen LogP contribution in [-0.4, -0.2) is 120 Å². The third-order valence-corrected chi connectivity index (χ3v) is 26.1. The van der Waals surface area contributed by atoms with E-state index >= 15 is 0 Å². The maximum atomic E-state index is 13.0. The molecule has 6 unspecified atom stereocenters. The molecule has 0 aliphatic rings. The SMILES string of the molecule is CCCCCCC(C/C=C/CCCCCCCC(=O)OCCCCOC(=O)CCCCCCC/C=C/CC(CCCCCC)OC(=O)CCCCCCC/C=C/CC(CCCCCC)OC(=O)CCCCCCC/C=C/CC(CCCCCC)OC(=O)CCC(=O)O)OC(=O)CCCCCCC/C=C/CC(CCCCCC)OC(=O)CCCCCCC/C=C/CC(CCCCCC)OC(=O)CCC(=O)O. The molecule has 0 fully saturated rings. The van der Waals surface area contributed by atoms with Gasteiger partial charge in [0.25, 0.3) is 0 Å². The predicted molar refractivity (Wildman–Crippen MR) is 573 cm³/mol. The monoisotopic (exact) mass is 1970 g/mol. The summed E-state index contributed by atoms with van der Waals surface area (Å²) in [5, 5.41) is 17.9. The molecule has 0 bridgehead atoms. The minimum atomic E-state index is -0.993. The van der Waals surface area contributed by atoms with E-state index < -0.39 is 23.9 Å². The van der Waals surface area contributed by atoms with Gasteiger partial charge >= 0.3 is 59.7 Å². The Morgan fingerprint density at radius 3 is 0.507 bits per heavy atom. The van der Waals surface area contributed by atoms with Crippen molar-refractivity contribution in [3.63, 3.8) is 0 Å². The lowest BCUT2D eigenvalue weighted by atomic mass is 10.0. The van der Waals surface area contributed by atoms with E-state index in [0.717, 1.165) is 398 Å². The van der Waals surface area contributed by atoms with E-state index in [4.69, 9.17) is 48.1 Å². The van der Waals surface area contributed by atoms with Crippen molar-refractivity contribution in [2.75, 3.05) is 13.2 Å². The first-order valence-corrected chi connectivity index (χ1v) is 58.2. The molecule has 0 saturated heterocycles. The lowest BCUT2D eigenvalue weighted by molar-refractivity contribution is -0.152. The fourth-order valence-electron chi connectivity index (χ4n) is 17.3. The Morgan fingerprint density at radius 2 is 0.329 bits per heavy atom. The smallest absolute Gasteiger partial charge is 0.306 e. The molecule has 0 saturated carbocycles. The quantitative estimate of drug-likeness (QED) is 0.0248. The minimum Gasteiger partial charge on any atom is -0.481 e. The highest BCUT2D eigenvalue weighted by Gasteiger charge is 2.21. The van der Waals surface area contributed by atoms with Crippen LogP contribution < -0.4 is 0 Å². The van der Waals surface area contributed by atoms with E-state index in [1.165, 1.54) is 51.4 Å². The van der Waals surface area contributed by atoms with Crippen molar-refractivity contribution >= 4 is 59.7 Å². The van der Waals surface area contributed by atoms with Crippen molar-refractivity contribution in [3.8, 4) is 0 Å². The molecule has 0 rings (SSSR count). The highest BCUT2D eigenvalue weighted by Crippen LogP contribution is 2.25. The third-order valence-electron chi connectivity index (χ3n) is 26.1. The lowest BCUT2D eigenvalue weighted by Gasteiger charge is -2.17. The fraction of sp³-hybridized carbons (Fsp3) is 0.817. The van der Waals surface area contributed by atoms with Crippen LogP contribution in [0.2, 0.25) is 0 Å². The normalized spacial score (nSPS) is 13.1. The molecule has 0 aromatic heterocycles. The average Bonchev–Trinajstić information content (AvgIpc) is 0.980. The van der Waals surface area contributed by atoms with E-state index in [2.05, 4.69) is 114 Å². The van der Waals surface area contributed by atoms with Crippen molar-refractivity contribution < 1.29 is 96.1 Å². The van der Waals surface area contributed by atoms with Gasteiger partial charge in [-0.25, -0.2) is 0 Å². The van der Waals surface area contributed by atoms with E-state index in [0.29, 0.717) is 77.4 Å². The largest absolute Gasteiger partial charge is 0.481 e. The number of carboxylic acids is 2. The number of hydrogen-bond donors (Lipinski definition) is 2. The minimum absolute atomic E-state index is 0.0775. The van der Waals surface area contributed by atoms with Crippen LogP contribution in [0.1, 0.15) is 581 Å². The van der Waals surface area contributed by atoms with E-state index in [1.54, 1.807) is 0 Å². The molecule has 0 heterocycles. The van der Waals surface area contributed by atoms with Crippen LogP contribution >= 0.6 is 0 Å².